The van der Waals surface area contributed by atoms with Gasteiger partial charge >= 0.3 is 5.69 Å². The Morgan fingerprint density at radius 3 is 2.62 bits per heavy atom. The largest absolute Gasteiger partial charge is 0.494 e. The molecule has 1 heterocycles. The molecule has 0 fully saturated rings. The van der Waals surface area contributed by atoms with Crippen LogP contribution in [0.4, 0.5) is 5.69 Å². The molecule has 0 aliphatic carbocycles. The van der Waals surface area contributed by atoms with Crippen LogP contribution in [0.3, 0.4) is 0 Å². The maximum absolute atomic E-state index is 12.6. The van der Waals surface area contributed by atoms with Gasteiger partial charge in [0.15, 0.2) is 0 Å². The van der Waals surface area contributed by atoms with Gasteiger partial charge in [-0.05, 0) is 24.6 Å². The fourth-order valence-corrected chi connectivity index (χ4v) is 2.81. The molecule has 0 aliphatic heterocycles. The highest BCUT2D eigenvalue weighted by atomic mass is 35.5. The van der Waals surface area contributed by atoms with Crippen molar-refractivity contribution in [3.8, 4) is 5.88 Å². The van der Waals surface area contributed by atoms with Crippen molar-refractivity contribution in [1.29, 1.82) is 0 Å². The van der Waals surface area contributed by atoms with Gasteiger partial charge in [0.1, 0.15) is 5.56 Å². The van der Waals surface area contributed by atoms with Gasteiger partial charge in [-0.25, -0.2) is 4.79 Å². The molecule has 0 bridgehead atoms. The molecule has 2 aromatic rings. The van der Waals surface area contributed by atoms with Crippen LogP contribution in [0.5, 0.6) is 5.88 Å². The first-order chi connectivity index (χ1) is 12.4. The van der Waals surface area contributed by atoms with Crippen LogP contribution < -0.4 is 11.2 Å². The van der Waals surface area contributed by atoms with E-state index in [0.717, 1.165) is 11.0 Å². The number of aromatic nitrogens is 2. The van der Waals surface area contributed by atoms with E-state index in [4.69, 9.17) is 23.2 Å². The third-order valence-corrected chi connectivity index (χ3v) is 4.26. The van der Waals surface area contributed by atoms with Crippen molar-refractivity contribution < 1.29 is 5.11 Å². The number of unbranched alkanes of at least 4 members (excludes halogenated alkanes) is 1. The molecule has 6 nitrogen and oxygen atoms in total. The van der Waals surface area contributed by atoms with Crippen LogP contribution in [0.2, 0.25) is 10.0 Å². The summed E-state index contributed by atoms with van der Waals surface area (Å²) >= 11 is 11.9. The van der Waals surface area contributed by atoms with E-state index in [2.05, 4.69) is 11.6 Å². The van der Waals surface area contributed by atoms with Crippen LogP contribution in [-0.4, -0.2) is 20.5 Å². The maximum Gasteiger partial charge on any atom is 0.334 e. The summed E-state index contributed by atoms with van der Waals surface area (Å²) in [6.45, 7) is 5.85. The SMILES string of the molecule is C=CCn1c(=O)c(C=Nc2ccc(Cl)cc2Cl)c(O)n(CCCC)c1=O. The summed E-state index contributed by atoms with van der Waals surface area (Å²) in [7, 11) is 0. The molecule has 8 heteroatoms. The van der Waals surface area contributed by atoms with E-state index in [0.29, 0.717) is 28.7 Å². The molecule has 0 unspecified atom stereocenters. The number of rotatable bonds is 7. The minimum absolute atomic E-state index is 0.0343. The van der Waals surface area contributed by atoms with Crippen LogP contribution in [0.25, 0.3) is 0 Å². The number of benzene rings is 1. The van der Waals surface area contributed by atoms with E-state index in [1.165, 1.54) is 22.9 Å². The summed E-state index contributed by atoms with van der Waals surface area (Å²) in [5.41, 5.74) is -0.929. The second-order valence-corrected chi connectivity index (χ2v) is 6.43. The van der Waals surface area contributed by atoms with Crippen molar-refractivity contribution in [2.75, 3.05) is 0 Å². The van der Waals surface area contributed by atoms with E-state index in [-0.39, 0.29) is 12.1 Å². The number of aliphatic imine (C=N–C) groups is 1. The van der Waals surface area contributed by atoms with Crippen molar-refractivity contribution in [3.05, 3.63) is 67.3 Å². The zero-order chi connectivity index (χ0) is 19.3. The molecule has 1 aromatic heterocycles. The van der Waals surface area contributed by atoms with Gasteiger partial charge in [0.05, 0.1) is 10.7 Å². The lowest BCUT2D eigenvalue weighted by atomic mass is 10.3. The number of hydrogen-bond acceptors (Lipinski definition) is 4. The number of halogens is 2. The van der Waals surface area contributed by atoms with E-state index < -0.39 is 17.1 Å². The lowest BCUT2D eigenvalue weighted by Crippen LogP contribution is -2.41. The van der Waals surface area contributed by atoms with Gasteiger partial charge in [-0.1, -0.05) is 42.6 Å². The van der Waals surface area contributed by atoms with Gasteiger partial charge < -0.3 is 5.11 Å². The lowest BCUT2D eigenvalue weighted by Gasteiger charge is -2.13. The second-order valence-electron chi connectivity index (χ2n) is 5.58. The first-order valence-corrected chi connectivity index (χ1v) is 8.82. The van der Waals surface area contributed by atoms with Crippen LogP contribution in [0, 0.1) is 0 Å². The highest BCUT2D eigenvalue weighted by Crippen LogP contribution is 2.27. The Labute approximate surface area is 160 Å². The highest BCUT2D eigenvalue weighted by Gasteiger charge is 2.16. The Hall–Kier alpha value is -2.31. The summed E-state index contributed by atoms with van der Waals surface area (Å²) in [6, 6.07) is 4.72. The monoisotopic (exact) mass is 395 g/mol. The molecule has 0 radical (unpaired) electrons. The Balaban J connectivity index is 2.61. The highest BCUT2D eigenvalue weighted by molar-refractivity contribution is 6.36. The quantitative estimate of drug-likeness (QED) is 0.572. The van der Waals surface area contributed by atoms with Crippen molar-refractivity contribution in [2.45, 2.75) is 32.9 Å². The number of allylic oxidation sites excluding steroid dienone is 1. The standard InChI is InChI=1S/C18H19Cl2N3O3/c1-3-5-9-23-17(25)13(16(24)22(8-4-2)18(23)26)11-21-15-7-6-12(19)10-14(15)20/h4,6-7,10-11,25H,2-3,5,8-9H2,1H3. The topological polar surface area (TPSA) is 76.6 Å². The first-order valence-electron chi connectivity index (χ1n) is 8.07. The molecule has 1 aromatic carbocycles. The minimum Gasteiger partial charge on any atom is -0.494 e. The average molecular weight is 396 g/mol. The summed E-state index contributed by atoms with van der Waals surface area (Å²) in [5, 5.41) is 11.2. The third kappa shape index (κ3) is 4.26. The molecule has 0 saturated heterocycles. The fraction of sp³-hybridized carbons (Fsp3) is 0.278. The Kier molecular flexibility index (Phi) is 6.83. The van der Waals surface area contributed by atoms with Crippen LogP contribution in [0.1, 0.15) is 25.3 Å². The second kappa shape index (κ2) is 8.87. The molecule has 2 rings (SSSR count). The molecule has 138 valence electrons. The number of nitrogens with zero attached hydrogens (tertiary/aromatic N) is 3. The van der Waals surface area contributed by atoms with Gasteiger partial charge in [0.2, 0.25) is 5.88 Å². The Morgan fingerprint density at radius 2 is 2.00 bits per heavy atom. The predicted molar refractivity (Wildman–Crippen MR) is 105 cm³/mol. The zero-order valence-electron chi connectivity index (χ0n) is 14.3. The van der Waals surface area contributed by atoms with Gasteiger partial charge in [0, 0.05) is 24.3 Å². The van der Waals surface area contributed by atoms with Gasteiger partial charge in [-0.15, -0.1) is 6.58 Å². The van der Waals surface area contributed by atoms with Gasteiger partial charge in [-0.3, -0.25) is 18.9 Å². The third-order valence-electron chi connectivity index (χ3n) is 3.72. The summed E-state index contributed by atoms with van der Waals surface area (Å²) in [6.07, 6.45) is 4.16. The molecular weight excluding hydrogens is 377 g/mol. The van der Waals surface area contributed by atoms with Crippen molar-refractivity contribution in [1.82, 2.24) is 9.13 Å². The van der Waals surface area contributed by atoms with E-state index >= 15 is 0 Å². The summed E-state index contributed by atoms with van der Waals surface area (Å²) in [5.74, 6) is -0.414. The van der Waals surface area contributed by atoms with Crippen molar-refractivity contribution in [3.63, 3.8) is 0 Å². The van der Waals surface area contributed by atoms with Gasteiger partial charge in [-0.2, -0.15) is 0 Å². The summed E-state index contributed by atoms with van der Waals surface area (Å²) in [4.78, 5) is 29.2. The summed E-state index contributed by atoms with van der Waals surface area (Å²) < 4.78 is 2.17. The van der Waals surface area contributed by atoms with Crippen molar-refractivity contribution >= 4 is 35.1 Å². The smallest absolute Gasteiger partial charge is 0.334 e. The predicted octanol–water partition coefficient (Wildman–Crippen LogP) is 3.76. The average Bonchev–Trinajstić information content (AvgIpc) is 2.60. The van der Waals surface area contributed by atoms with E-state index in [1.54, 1.807) is 12.1 Å². The van der Waals surface area contributed by atoms with Crippen LogP contribution in [-0.2, 0) is 13.1 Å². The lowest BCUT2D eigenvalue weighted by molar-refractivity contribution is 0.385. The van der Waals surface area contributed by atoms with E-state index in [9.17, 15) is 14.7 Å². The molecular formula is C18H19Cl2N3O3. The molecule has 0 spiro atoms. The molecule has 1 N–H and O–H groups in total. The first kappa shape index (κ1) is 20.0. The van der Waals surface area contributed by atoms with Crippen LogP contribution in [0.15, 0.2) is 45.4 Å². The zero-order valence-corrected chi connectivity index (χ0v) is 15.8. The molecule has 0 aliphatic rings. The Morgan fingerprint density at radius 1 is 1.27 bits per heavy atom. The Bertz CT molecular complexity index is 961. The maximum atomic E-state index is 12.6. The number of hydrogen-bond donors (Lipinski definition) is 1. The van der Waals surface area contributed by atoms with Gasteiger partial charge in [0.25, 0.3) is 5.56 Å². The minimum atomic E-state index is -0.644. The van der Waals surface area contributed by atoms with Crippen LogP contribution >= 0.6 is 23.2 Å². The molecule has 0 atom stereocenters. The molecule has 0 amide bonds. The number of aromatic hydroxyl groups is 1. The molecule has 26 heavy (non-hydrogen) atoms. The normalized spacial score (nSPS) is 11.2. The van der Waals surface area contributed by atoms with Crippen molar-refractivity contribution in [2.24, 2.45) is 4.99 Å². The fourth-order valence-electron chi connectivity index (χ4n) is 2.35. The molecule has 0 saturated carbocycles. The van der Waals surface area contributed by atoms with E-state index in [1.807, 2.05) is 6.92 Å².